The van der Waals surface area contributed by atoms with Gasteiger partial charge in [-0.15, -0.1) is 0 Å². The highest BCUT2D eigenvalue weighted by Gasteiger charge is 2.59. The van der Waals surface area contributed by atoms with Crippen LogP contribution >= 0.6 is 11.6 Å². The van der Waals surface area contributed by atoms with Gasteiger partial charge in [0.1, 0.15) is 5.69 Å². The molecular formula is C23H20ClN3O4. The number of benzene rings is 2. The summed E-state index contributed by atoms with van der Waals surface area (Å²) in [4.78, 5) is 38.3. The molecule has 7 nitrogen and oxygen atoms in total. The number of carbonyl (C=O) groups excluding carboxylic acids is 2. The van der Waals surface area contributed by atoms with Crippen molar-refractivity contribution in [2.75, 3.05) is 16.8 Å². The third-order valence-corrected chi connectivity index (χ3v) is 6.94. The molecule has 1 heterocycles. The van der Waals surface area contributed by atoms with Crippen molar-refractivity contribution in [2.24, 2.45) is 23.7 Å². The summed E-state index contributed by atoms with van der Waals surface area (Å²) in [6, 6.07) is 11.9. The van der Waals surface area contributed by atoms with Crippen molar-refractivity contribution in [1.82, 2.24) is 0 Å². The molecule has 1 N–H and O–H groups in total. The first-order valence-electron chi connectivity index (χ1n) is 10.3. The van der Waals surface area contributed by atoms with Gasteiger partial charge in [-0.05, 0) is 48.4 Å². The van der Waals surface area contributed by atoms with Crippen LogP contribution in [0.1, 0.15) is 12.0 Å². The number of hydrogen-bond donors (Lipinski definition) is 1. The molecule has 1 saturated carbocycles. The molecule has 8 heteroatoms. The van der Waals surface area contributed by atoms with E-state index in [2.05, 4.69) is 5.32 Å². The molecule has 158 valence electrons. The van der Waals surface area contributed by atoms with E-state index in [4.69, 9.17) is 11.6 Å². The Hall–Kier alpha value is -3.19. The molecule has 0 spiro atoms. The van der Waals surface area contributed by atoms with Gasteiger partial charge in [0.25, 0.3) is 5.69 Å². The van der Waals surface area contributed by atoms with Gasteiger partial charge in [0.15, 0.2) is 0 Å². The number of anilines is 2. The first-order valence-corrected chi connectivity index (χ1v) is 10.7. The van der Waals surface area contributed by atoms with Gasteiger partial charge in [0.2, 0.25) is 11.8 Å². The van der Waals surface area contributed by atoms with E-state index in [1.165, 1.54) is 6.07 Å². The quantitative estimate of drug-likeness (QED) is 0.316. The standard InChI is InChI=1S/C23H20ClN3O4/c24-17-4-2-1-3-13(17)9-10-25-18-8-7-16(12-19(18)27(30)31)26-22(28)20-14-5-6-15(11-14)21(20)23(26)29/h1-8,12,14-15,20-21,25H,9-11H2. The number of hydrogen-bond acceptors (Lipinski definition) is 5. The van der Waals surface area contributed by atoms with E-state index in [1.54, 1.807) is 18.2 Å². The molecule has 2 aliphatic carbocycles. The number of carbonyl (C=O) groups is 2. The number of imide groups is 1. The number of nitro groups is 1. The second-order valence-corrected chi connectivity index (χ2v) is 8.65. The predicted molar refractivity (Wildman–Crippen MR) is 117 cm³/mol. The topological polar surface area (TPSA) is 92.6 Å². The first-order chi connectivity index (χ1) is 15.0. The summed E-state index contributed by atoms with van der Waals surface area (Å²) < 4.78 is 0. The van der Waals surface area contributed by atoms with Crippen LogP contribution in [0, 0.1) is 33.8 Å². The van der Waals surface area contributed by atoms with Crippen molar-refractivity contribution >= 4 is 40.5 Å². The molecule has 2 bridgehead atoms. The average molecular weight is 438 g/mol. The highest BCUT2D eigenvalue weighted by Crippen LogP contribution is 2.53. The summed E-state index contributed by atoms with van der Waals surface area (Å²) >= 11 is 6.16. The predicted octanol–water partition coefficient (Wildman–Crippen LogP) is 4.21. The van der Waals surface area contributed by atoms with Crippen molar-refractivity contribution in [3.63, 3.8) is 0 Å². The fraction of sp³-hybridized carbons (Fsp3) is 0.304. The van der Waals surface area contributed by atoms with Gasteiger partial charge in [-0.3, -0.25) is 19.7 Å². The highest BCUT2D eigenvalue weighted by molar-refractivity contribution is 6.31. The van der Waals surface area contributed by atoms with Gasteiger partial charge in [-0.1, -0.05) is 42.0 Å². The molecule has 2 amide bonds. The maximum atomic E-state index is 13.0. The molecule has 31 heavy (non-hydrogen) atoms. The zero-order valence-electron chi connectivity index (χ0n) is 16.5. The SMILES string of the molecule is O=C1C2C3C=CC(C3)C2C(=O)N1c1ccc(NCCc2ccccc2Cl)c([N+](=O)[O-])c1. The number of rotatable bonds is 6. The largest absolute Gasteiger partial charge is 0.379 e. The Morgan fingerprint density at radius 3 is 2.39 bits per heavy atom. The van der Waals surface area contributed by atoms with Crippen molar-refractivity contribution in [1.29, 1.82) is 0 Å². The molecular weight excluding hydrogens is 418 g/mol. The number of nitrogens with zero attached hydrogens (tertiary/aromatic N) is 2. The van der Waals surface area contributed by atoms with E-state index in [9.17, 15) is 19.7 Å². The maximum Gasteiger partial charge on any atom is 0.294 e. The Morgan fingerprint density at radius 2 is 1.74 bits per heavy atom. The second kappa shape index (κ2) is 7.50. The van der Waals surface area contributed by atoms with E-state index in [1.807, 2.05) is 30.4 Å². The molecule has 4 unspecified atom stereocenters. The van der Waals surface area contributed by atoms with Crippen molar-refractivity contribution < 1.29 is 14.5 Å². The lowest BCUT2D eigenvalue weighted by atomic mass is 9.85. The maximum absolute atomic E-state index is 13.0. The number of allylic oxidation sites excluding steroid dienone is 2. The normalized spacial score (nSPS) is 25.9. The highest BCUT2D eigenvalue weighted by atomic mass is 35.5. The molecule has 2 aromatic rings. The van der Waals surface area contributed by atoms with Crippen molar-refractivity contribution in [3.05, 3.63) is 75.3 Å². The number of fused-ring (bicyclic) bond motifs is 5. The fourth-order valence-electron chi connectivity index (χ4n) is 5.15. The van der Waals surface area contributed by atoms with Crippen molar-refractivity contribution in [2.45, 2.75) is 12.8 Å². The number of halogens is 1. The third-order valence-electron chi connectivity index (χ3n) is 6.57. The Bertz CT molecular complexity index is 1100. The lowest BCUT2D eigenvalue weighted by Crippen LogP contribution is -2.32. The van der Waals surface area contributed by atoms with E-state index in [-0.39, 0.29) is 46.9 Å². The summed E-state index contributed by atoms with van der Waals surface area (Å²) in [7, 11) is 0. The fourth-order valence-corrected chi connectivity index (χ4v) is 5.38. The summed E-state index contributed by atoms with van der Waals surface area (Å²) in [5.41, 5.74) is 1.36. The van der Waals surface area contributed by atoms with Crippen LogP contribution in [0.25, 0.3) is 0 Å². The molecule has 0 aromatic heterocycles. The van der Waals surface area contributed by atoms with Gasteiger partial charge >= 0.3 is 0 Å². The zero-order chi connectivity index (χ0) is 21.7. The van der Waals surface area contributed by atoms with E-state index >= 15 is 0 Å². The van der Waals surface area contributed by atoms with E-state index in [0.717, 1.165) is 16.9 Å². The molecule has 2 fully saturated rings. The molecule has 1 aliphatic heterocycles. The van der Waals surface area contributed by atoms with Crippen LogP contribution in [0.5, 0.6) is 0 Å². The molecule has 0 radical (unpaired) electrons. The number of nitro benzene ring substituents is 1. The van der Waals surface area contributed by atoms with Gasteiger partial charge in [0, 0.05) is 17.6 Å². The van der Waals surface area contributed by atoms with Crippen LogP contribution in [-0.2, 0) is 16.0 Å². The Kier molecular flexibility index (Phi) is 4.78. The number of nitrogens with one attached hydrogen (secondary N) is 1. The van der Waals surface area contributed by atoms with Crippen LogP contribution in [0.4, 0.5) is 17.1 Å². The summed E-state index contributed by atoms with van der Waals surface area (Å²) in [5, 5.41) is 15.4. The van der Waals surface area contributed by atoms with Gasteiger partial charge in [-0.25, -0.2) is 4.90 Å². The minimum absolute atomic E-state index is 0.0946. The first kappa shape index (κ1) is 19.8. The monoisotopic (exact) mass is 437 g/mol. The summed E-state index contributed by atoms with van der Waals surface area (Å²) in [6.07, 6.45) is 5.49. The molecule has 1 saturated heterocycles. The lowest BCUT2D eigenvalue weighted by molar-refractivity contribution is -0.383. The molecule has 4 atom stereocenters. The lowest BCUT2D eigenvalue weighted by Gasteiger charge is -2.18. The molecule has 2 aromatic carbocycles. The zero-order valence-corrected chi connectivity index (χ0v) is 17.3. The van der Waals surface area contributed by atoms with E-state index < -0.39 is 4.92 Å². The van der Waals surface area contributed by atoms with Crippen LogP contribution in [-0.4, -0.2) is 23.3 Å². The van der Waals surface area contributed by atoms with Gasteiger partial charge in [-0.2, -0.15) is 0 Å². The van der Waals surface area contributed by atoms with Crippen LogP contribution < -0.4 is 10.2 Å². The summed E-state index contributed by atoms with van der Waals surface area (Å²) in [5.74, 6) is -0.986. The molecule has 3 aliphatic rings. The van der Waals surface area contributed by atoms with Crippen LogP contribution in [0.15, 0.2) is 54.6 Å². The minimum Gasteiger partial charge on any atom is -0.379 e. The number of amides is 2. The van der Waals surface area contributed by atoms with Crippen LogP contribution in [0.3, 0.4) is 0 Å². The minimum atomic E-state index is -0.502. The Morgan fingerprint density at radius 1 is 1.06 bits per heavy atom. The van der Waals surface area contributed by atoms with Gasteiger partial charge < -0.3 is 5.32 Å². The third kappa shape index (κ3) is 3.20. The van der Waals surface area contributed by atoms with Crippen molar-refractivity contribution in [3.8, 4) is 0 Å². The van der Waals surface area contributed by atoms with Gasteiger partial charge in [0.05, 0.1) is 22.4 Å². The average Bonchev–Trinajstić information content (AvgIpc) is 3.43. The second-order valence-electron chi connectivity index (χ2n) is 8.24. The Balaban J connectivity index is 1.36. The Labute approximate surface area is 183 Å². The van der Waals surface area contributed by atoms with Crippen LogP contribution in [0.2, 0.25) is 5.02 Å². The van der Waals surface area contributed by atoms with E-state index in [0.29, 0.717) is 23.7 Å². The smallest absolute Gasteiger partial charge is 0.294 e. The summed E-state index contributed by atoms with van der Waals surface area (Å²) in [6.45, 7) is 0.449. The molecule has 5 rings (SSSR count).